The fourth-order valence-corrected chi connectivity index (χ4v) is 0.754. The van der Waals surface area contributed by atoms with Crippen molar-refractivity contribution in [3.63, 3.8) is 0 Å². The zero-order chi connectivity index (χ0) is 11.4. The van der Waals surface area contributed by atoms with Gasteiger partial charge in [-0.2, -0.15) is 0 Å². The van der Waals surface area contributed by atoms with Crippen LogP contribution in [0.2, 0.25) is 0 Å². The molecule has 0 aromatic heterocycles. The van der Waals surface area contributed by atoms with E-state index in [1.165, 1.54) is 0 Å². The summed E-state index contributed by atoms with van der Waals surface area (Å²) in [5.74, 6) is -0.845. The van der Waals surface area contributed by atoms with Crippen LogP contribution in [0, 0.1) is 5.41 Å². The number of allylic oxidation sites excluding steroid dienone is 1. The van der Waals surface area contributed by atoms with Gasteiger partial charge in [0.05, 0.1) is 6.61 Å². The summed E-state index contributed by atoms with van der Waals surface area (Å²) >= 11 is 15.9. The average Bonchev–Trinajstić information content (AvgIpc) is 2.02. The lowest BCUT2D eigenvalue weighted by Gasteiger charge is -2.19. The van der Waals surface area contributed by atoms with E-state index in [2.05, 4.69) is 6.58 Å². The highest BCUT2D eigenvalue weighted by atomic mass is 35.6. The van der Waals surface area contributed by atoms with Crippen LogP contribution in [0.25, 0.3) is 0 Å². The molecule has 82 valence electrons. The number of rotatable bonds is 4. The van der Waals surface area contributed by atoms with Gasteiger partial charge in [-0.15, -0.1) is 6.58 Å². The van der Waals surface area contributed by atoms with E-state index in [0.717, 1.165) is 0 Å². The second-order valence-corrected chi connectivity index (χ2v) is 5.86. The molecule has 0 N–H and O–H groups in total. The normalized spacial score (nSPS) is 12.4. The summed E-state index contributed by atoms with van der Waals surface area (Å²) in [5.41, 5.74) is -0.0894. The average molecular weight is 260 g/mol. The molecule has 0 saturated carbocycles. The lowest BCUT2D eigenvalue weighted by atomic mass is 9.90. The zero-order valence-corrected chi connectivity index (χ0v) is 10.4. The molecule has 0 spiro atoms. The summed E-state index contributed by atoms with van der Waals surface area (Å²) in [5, 5.41) is 0. The van der Waals surface area contributed by atoms with Gasteiger partial charge in [-0.3, -0.25) is 0 Å². The Kier molecular flexibility index (Phi) is 5.27. The van der Waals surface area contributed by atoms with Crippen molar-refractivity contribution in [3.8, 4) is 0 Å². The van der Waals surface area contributed by atoms with Crippen LogP contribution in [0.5, 0.6) is 0 Å². The van der Waals surface area contributed by atoms with Crippen LogP contribution in [0.1, 0.15) is 20.3 Å². The molecule has 0 radical (unpaired) electrons. The maximum atomic E-state index is 11.0. The molecule has 0 aromatic rings. The van der Waals surface area contributed by atoms with Gasteiger partial charge in [-0.25, -0.2) is 4.79 Å². The second-order valence-electron chi connectivity index (χ2n) is 3.58. The van der Waals surface area contributed by atoms with Crippen LogP contribution in [-0.2, 0) is 9.53 Å². The third kappa shape index (κ3) is 5.74. The fourth-order valence-electron chi connectivity index (χ4n) is 0.591. The van der Waals surface area contributed by atoms with Crippen molar-refractivity contribution in [3.05, 3.63) is 12.7 Å². The second kappa shape index (κ2) is 5.24. The molecule has 0 atom stereocenters. The third-order valence-electron chi connectivity index (χ3n) is 1.76. The van der Waals surface area contributed by atoms with Crippen molar-refractivity contribution in [2.45, 2.75) is 24.1 Å². The number of ether oxygens (including phenoxy) is 1. The van der Waals surface area contributed by atoms with E-state index in [0.29, 0.717) is 6.42 Å². The number of carbonyl (C=O) groups excluding carboxylic acids is 1. The minimum Gasteiger partial charge on any atom is -0.462 e. The molecule has 0 bridgehead atoms. The summed E-state index contributed by atoms with van der Waals surface area (Å²) in [4.78, 5) is 11.0. The Bertz CT molecular complexity index is 219. The Hall–Kier alpha value is 0.0800. The fraction of sp³-hybridized carbons (Fsp3) is 0.667. The van der Waals surface area contributed by atoms with Crippen molar-refractivity contribution < 1.29 is 9.53 Å². The van der Waals surface area contributed by atoms with E-state index in [1.807, 2.05) is 13.8 Å². The highest BCUT2D eigenvalue weighted by Gasteiger charge is 2.32. The summed E-state index contributed by atoms with van der Waals surface area (Å²) in [6.07, 6.45) is 2.43. The first-order chi connectivity index (χ1) is 6.19. The predicted octanol–water partition coefficient (Wildman–Crippen LogP) is 3.50. The number of hydrogen-bond donors (Lipinski definition) is 0. The molecule has 14 heavy (non-hydrogen) atoms. The van der Waals surface area contributed by atoms with Gasteiger partial charge < -0.3 is 4.74 Å². The van der Waals surface area contributed by atoms with E-state index in [4.69, 9.17) is 39.5 Å². The van der Waals surface area contributed by atoms with E-state index < -0.39 is 9.76 Å². The topological polar surface area (TPSA) is 26.3 Å². The van der Waals surface area contributed by atoms with E-state index in [1.54, 1.807) is 6.08 Å². The first-order valence-electron chi connectivity index (χ1n) is 4.06. The Morgan fingerprint density at radius 2 is 1.93 bits per heavy atom. The van der Waals surface area contributed by atoms with Crippen molar-refractivity contribution in [2.75, 3.05) is 6.61 Å². The van der Waals surface area contributed by atoms with Crippen molar-refractivity contribution in [1.29, 1.82) is 0 Å². The highest BCUT2D eigenvalue weighted by Crippen LogP contribution is 2.28. The molecule has 2 nitrogen and oxygen atoms in total. The molecule has 0 amide bonds. The molecule has 0 fully saturated rings. The van der Waals surface area contributed by atoms with Crippen LogP contribution >= 0.6 is 34.8 Å². The predicted molar refractivity (Wildman–Crippen MR) is 59.8 cm³/mol. The van der Waals surface area contributed by atoms with Gasteiger partial charge in [-0.1, -0.05) is 54.7 Å². The molecule has 0 saturated heterocycles. The van der Waals surface area contributed by atoms with Gasteiger partial charge in [0.15, 0.2) is 0 Å². The lowest BCUT2D eigenvalue weighted by molar-refractivity contribution is -0.143. The molecule has 0 aromatic carbocycles. The van der Waals surface area contributed by atoms with Gasteiger partial charge in [0.1, 0.15) is 0 Å². The standard InChI is InChI=1S/C9H13Cl3O2/c1-4-8(2,3)5-6-14-7(13)9(10,11)12/h4H,1,5-6H2,2-3H3. The van der Waals surface area contributed by atoms with E-state index in [9.17, 15) is 4.79 Å². The maximum absolute atomic E-state index is 11.0. The van der Waals surface area contributed by atoms with Crippen LogP contribution in [0.4, 0.5) is 0 Å². The van der Waals surface area contributed by atoms with Gasteiger partial charge in [0.25, 0.3) is 3.79 Å². The van der Waals surface area contributed by atoms with Gasteiger partial charge in [0, 0.05) is 0 Å². The Balaban J connectivity index is 3.87. The monoisotopic (exact) mass is 258 g/mol. The van der Waals surface area contributed by atoms with Crippen molar-refractivity contribution >= 4 is 40.8 Å². The number of hydrogen-bond acceptors (Lipinski definition) is 2. The van der Waals surface area contributed by atoms with E-state index in [-0.39, 0.29) is 12.0 Å². The number of carbonyl (C=O) groups is 1. The largest absolute Gasteiger partial charge is 0.462 e. The highest BCUT2D eigenvalue weighted by molar-refractivity contribution is 6.75. The lowest BCUT2D eigenvalue weighted by Crippen LogP contribution is -2.24. The van der Waals surface area contributed by atoms with E-state index >= 15 is 0 Å². The Labute approximate surface area is 99.2 Å². The van der Waals surface area contributed by atoms with Gasteiger partial charge in [-0.05, 0) is 11.8 Å². The first-order valence-corrected chi connectivity index (χ1v) is 5.20. The summed E-state index contributed by atoms with van der Waals surface area (Å²) < 4.78 is 2.77. The molecule has 5 heteroatoms. The SMILES string of the molecule is C=CC(C)(C)CCOC(=O)C(Cl)(Cl)Cl. The van der Waals surface area contributed by atoms with Crippen LogP contribution in [0.15, 0.2) is 12.7 Å². The number of esters is 1. The Morgan fingerprint density at radius 3 is 2.29 bits per heavy atom. The first kappa shape index (κ1) is 14.1. The molecule has 0 heterocycles. The minimum atomic E-state index is -1.99. The van der Waals surface area contributed by atoms with Crippen LogP contribution < -0.4 is 0 Å². The molecule has 0 unspecified atom stereocenters. The summed E-state index contributed by atoms with van der Waals surface area (Å²) in [6.45, 7) is 7.83. The van der Waals surface area contributed by atoms with Crippen LogP contribution in [0.3, 0.4) is 0 Å². The van der Waals surface area contributed by atoms with Gasteiger partial charge >= 0.3 is 5.97 Å². The van der Waals surface area contributed by atoms with Gasteiger partial charge in [0.2, 0.25) is 0 Å². The smallest absolute Gasteiger partial charge is 0.358 e. The summed E-state index contributed by atoms with van der Waals surface area (Å²) in [7, 11) is 0. The van der Waals surface area contributed by atoms with Crippen molar-refractivity contribution in [1.82, 2.24) is 0 Å². The minimum absolute atomic E-state index is 0.0894. The zero-order valence-electron chi connectivity index (χ0n) is 8.15. The molecule has 0 aliphatic rings. The summed E-state index contributed by atoms with van der Waals surface area (Å²) in [6, 6.07) is 0. The Morgan fingerprint density at radius 1 is 1.43 bits per heavy atom. The molecule has 0 aliphatic heterocycles. The molecule has 0 aliphatic carbocycles. The van der Waals surface area contributed by atoms with Crippen molar-refractivity contribution in [2.24, 2.45) is 5.41 Å². The quantitative estimate of drug-likeness (QED) is 0.439. The number of alkyl halides is 3. The third-order valence-corrected chi connectivity index (χ3v) is 2.23. The molecular formula is C9H13Cl3O2. The maximum Gasteiger partial charge on any atom is 0.358 e. The molecular weight excluding hydrogens is 246 g/mol. The molecule has 0 rings (SSSR count). The number of halogens is 3. The van der Waals surface area contributed by atoms with Crippen LogP contribution in [-0.4, -0.2) is 16.4 Å².